The number of carbonyl (C=O) groups is 1. The van der Waals surface area contributed by atoms with Crippen molar-refractivity contribution in [3.05, 3.63) is 34.6 Å². The number of esters is 1. The molecule has 194 valence electrons. The van der Waals surface area contributed by atoms with Gasteiger partial charge in [0.25, 0.3) is 5.56 Å². The third kappa shape index (κ3) is 4.33. The maximum atomic E-state index is 14.2. The quantitative estimate of drug-likeness (QED) is 0.565. The van der Waals surface area contributed by atoms with Crippen LogP contribution in [0, 0.1) is 5.92 Å². The Morgan fingerprint density at radius 3 is 2.56 bits per heavy atom. The second-order valence-electron chi connectivity index (χ2n) is 11.5. The molecule has 0 amide bonds. The van der Waals surface area contributed by atoms with E-state index < -0.39 is 0 Å². The van der Waals surface area contributed by atoms with Crippen molar-refractivity contribution in [2.45, 2.75) is 101 Å². The predicted molar refractivity (Wildman–Crippen MR) is 141 cm³/mol. The number of hydrogen-bond acceptors (Lipinski definition) is 6. The molecule has 1 aromatic heterocycles. The monoisotopic (exact) mass is 492 g/mol. The number of hydrogen-bond donors (Lipinski definition) is 0. The van der Waals surface area contributed by atoms with Crippen molar-refractivity contribution in [1.29, 1.82) is 0 Å². The fraction of sp³-hybridized carbons (Fsp3) is 0.690. The summed E-state index contributed by atoms with van der Waals surface area (Å²) in [5.41, 5.74) is 1.90. The zero-order valence-electron chi connectivity index (χ0n) is 21.6. The Morgan fingerprint density at radius 1 is 0.972 bits per heavy atom. The number of anilines is 1. The van der Waals surface area contributed by atoms with Crippen LogP contribution in [0.4, 0.5) is 5.82 Å². The van der Waals surface area contributed by atoms with E-state index in [0.29, 0.717) is 36.9 Å². The second kappa shape index (κ2) is 10.2. The molecule has 0 N–H and O–H groups in total. The molecule has 3 unspecified atom stereocenters. The molecule has 7 nitrogen and oxygen atoms in total. The Labute approximate surface area is 213 Å². The van der Waals surface area contributed by atoms with E-state index in [0.717, 1.165) is 30.4 Å². The molecule has 4 fully saturated rings. The molecule has 3 aliphatic heterocycles. The van der Waals surface area contributed by atoms with Gasteiger partial charge in [-0.3, -0.25) is 19.1 Å². The van der Waals surface area contributed by atoms with Crippen molar-refractivity contribution in [2.24, 2.45) is 5.92 Å². The maximum absolute atomic E-state index is 14.2. The summed E-state index contributed by atoms with van der Waals surface area (Å²) in [6.07, 6.45) is 14.2. The lowest BCUT2D eigenvalue weighted by Gasteiger charge is -2.34. The van der Waals surface area contributed by atoms with E-state index >= 15 is 0 Å². The fourth-order valence-corrected chi connectivity index (χ4v) is 7.77. The van der Waals surface area contributed by atoms with Gasteiger partial charge >= 0.3 is 5.97 Å². The van der Waals surface area contributed by atoms with Crippen molar-refractivity contribution in [3.63, 3.8) is 0 Å². The van der Waals surface area contributed by atoms with Crippen LogP contribution in [0.3, 0.4) is 0 Å². The van der Waals surface area contributed by atoms with Gasteiger partial charge in [-0.15, -0.1) is 0 Å². The zero-order chi connectivity index (χ0) is 24.6. The number of fused-ring (bicyclic) bond motifs is 3. The second-order valence-corrected chi connectivity index (χ2v) is 11.5. The molecule has 1 aliphatic carbocycles. The highest BCUT2D eigenvalue weighted by atomic mass is 16.5. The summed E-state index contributed by atoms with van der Waals surface area (Å²) in [7, 11) is 1.44. The van der Waals surface area contributed by atoms with Crippen molar-refractivity contribution < 1.29 is 9.53 Å². The van der Waals surface area contributed by atoms with Crippen molar-refractivity contribution in [3.8, 4) is 0 Å². The maximum Gasteiger partial charge on any atom is 0.305 e. The summed E-state index contributed by atoms with van der Waals surface area (Å²) in [4.78, 5) is 35.8. The van der Waals surface area contributed by atoms with Crippen molar-refractivity contribution in [1.82, 2.24) is 14.5 Å². The van der Waals surface area contributed by atoms with Gasteiger partial charge in [-0.2, -0.15) is 0 Å². The standard InChI is InChI=1S/C29H40N4O3/c1-36-27(34)17-20-15-16-31(19-20)28-29(35)33(24-12-8-7-11-23(24)30-28)26-18-22-13-14-25(26)32(22)21-9-5-3-2-4-6-10-21/h7-8,11-12,20-22,25-26H,2-6,9-10,13-19H2,1H3/t20?,22-,25?,26?/m0/s1. The average Bonchev–Trinajstić information content (AvgIpc) is 3.59. The smallest absolute Gasteiger partial charge is 0.305 e. The molecule has 4 atom stereocenters. The van der Waals surface area contributed by atoms with E-state index in [1.165, 1.54) is 64.9 Å². The highest BCUT2D eigenvalue weighted by molar-refractivity contribution is 5.77. The first-order valence-electron chi connectivity index (χ1n) is 14.2. The summed E-state index contributed by atoms with van der Waals surface area (Å²) in [6.45, 7) is 1.44. The van der Waals surface area contributed by atoms with Crippen LogP contribution in [0.5, 0.6) is 0 Å². The number of rotatable bonds is 5. The summed E-state index contributed by atoms with van der Waals surface area (Å²) in [5, 5.41) is 0. The van der Waals surface area contributed by atoms with Gasteiger partial charge in [-0.25, -0.2) is 4.98 Å². The molecule has 7 heteroatoms. The average molecular weight is 493 g/mol. The van der Waals surface area contributed by atoms with Crippen molar-refractivity contribution in [2.75, 3.05) is 25.1 Å². The Balaban J connectivity index is 1.33. The zero-order valence-corrected chi connectivity index (χ0v) is 21.6. The van der Waals surface area contributed by atoms with Crippen LogP contribution in [-0.2, 0) is 9.53 Å². The largest absolute Gasteiger partial charge is 0.469 e. The van der Waals surface area contributed by atoms with Gasteiger partial charge in [0.1, 0.15) is 0 Å². The molecule has 36 heavy (non-hydrogen) atoms. The fourth-order valence-electron chi connectivity index (χ4n) is 7.77. The lowest BCUT2D eigenvalue weighted by molar-refractivity contribution is -0.141. The molecule has 0 spiro atoms. The highest BCUT2D eigenvalue weighted by Crippen LogP contribution is 2.47. The molecule has 2 bridgehead atoms. The first kappa shape index (κ1) is 24.0. The first-order chi connectivity index (χ1) is 17.6. The van der Waals surface area contributed by atoms with E-state index in [1.807, 2.05) is 18.2 Å². The molecule has 4 aliphatic rings. The molecule has 4 heterocycles. The SMILES string of the molecule is COC(=O)CC1CCN(c2nc3ccccc3n(C3C[C@@H]4CCC3N4C3CCCCCCC3)c2=O)C1. The number of aromatic nitrogens is 2. The van der Waals surface area contributed by atoms with E-state index in [-0.39, 0.29) is 23.5 Å². The summed E-state index contributed by atoms with van der Waals surface area (Å²) in [6, 6.07) is 10.1. The lowest BCUT2D eigenvalue weighted by atomic mass is 9.94. The third-order valence-corrected chi connectivity index (χ3v) is 9.43. The molecular formula is C29H40N4O3. The Bertz CT molecular complexity index is 1150. The summed E-state index contributed by atoms with van der Waals surface area (Å²) < 4.78 is 7.00. The van der Waals surface area contributed by atoms with Gasteiger partial charge in [0, 0.05) is 31.2 Å². The van der Waals surface area contributed by atoms with Crippen LogP contribution in [0.1, 0.15) is 83.1 Å². The van der Waals surface area contributed by atoms with Gasteiger partial charge in [0.05, 0.1) is 30.6 Å². The predicted octanol–water partition coefficient (Wildman–Crippen LogP) is 4.68. The lowest BCUT2D eigenvalue weighted by Crippen LogP contribution is -2.42. The van der Waals surface area contributed by atoms with Crippen LogP contribution in [0.2, 0.25) is 0 Å². The molecule has 3 saturated heterocycles. The third-order valence-electron chi connectivity index (χ3n) is 9.43. The minimum Gasteiger partial charge on any atom is -0.469 e. The molecule has 6 rings (SSSR count). The summed E-state index contributed by atoms with van der Waals surface area (Å²) >= 11 is 0. The summed E-state index contributed by atoms with van der Waals surface area (Å²) in [5.74, 6) is 0.583. The first-order valence-corrected chi connectivity index (χ1v) is 14.2. The van der Waals surface area contributed by atoms with Gasteiger partial charge in [0.2, 0.25) is 0 Å². The molecule has 2 aromatic rings. The highest BCUT2D eigenvalue weighted by Gasteiger charge is 2.50. The van der Waals surface area contributed by atoms with E-state index in [1.54, 1.807) is 0 Å². The van der Waals surface area contributed by atoms with Gasteiger partial charge in [0.15, 0.2) is 5.82 Å². The van der Waals surface area contributed by atoms with Gasteiger partial charge in [-0.05, 0) is 56.6 Å². The Morgan fingerprint density at radius 2 is 1.75 bits per heavy atom. The van der Waals surface area contributed by atoms with Crippen LogP contribution in [0.25, 0.3) is 11.0 Å². The number of benzene rings is 1. The normalized spacial score (nSPS) is 29.5. The van der Waals surface area contributed by atoms with Gasteiger partial charge in [-0.1, -0.05) is 44.2 Å². The van der Waals surface area contributed by atoms with E-state index in [9.17, 15) is 9.59 Å². The minimum atomic E-state index is -0.179. The van der Waals surface area contributed by atoms with Gasteiger partial charge < -0.3 is 9.64 Å². The number of nitrogens with zero attached hydrogens (tertiary/aromatic N) is 4. The Hall–Kier alpha value is -2.41. The number of ether oxygens (including phenoxy) is 1. The van der Waals surface area contributed by atoms with E-state index in [4.69, 9.17) is 9.72 Å². The molecule has 1 saturated carbocycles. The Kier molecular flexibility index (Phi) is 6.76. The molecular weight excluding hydrogens is 452 g/mol. The molecule has 0 radical (unpaired) electrons. The number of carbonyl (C=O) groups excluding carboxylic acids is 1. The van der Waals surface area contributed by atoms with Crippen LogP contribution in [-0.4, -0.2) is 58.7 Å². The van der Waals surface area contributed by atoms with E-state index in [2.05, 4.69) is 20.4 Å². The van der Waals surface area contributed by atoms with Crippen LogP contribution in [0.15, 0.2) is 29.1 Å². The van der Waals surface area contributed by atoms with Crippen molar-refractivity contribution >= 4 is 22.8 Å². The van der Waals surface area contributed by atoms with Crippen LogP contribution < -0.4 is 10.5 Å². The minimum absolute atomic E-state index is 0.0441. The van der Waals surface area contributed by atoms with Crippen LogP contribution >= 0.6 is 0 Å². The number of methoxy groups -OCH3 is 1. The topological polar surface area (TPSA) is 67.7 Å². The number of para-hydroxylation sites is 2. The molecule has 1 aromatic carbocycles.